The van der Waals surface area contributed by atoms with Crippen LogP contribution in [-0.4, -0.2) is 15.7 Å². The van der Waals surface area contributed by atoms with Crippen molar-refractivity contribution in [1.29, 1.82) is 0 Å². The molecule has 2 radical (unpaired) electrons. The summed E-state index contributed by atoms with van der Waals surface area (Å²) in [5.74, 6) is 0. The van der Waals surface area contributed by atoms with Crippen LogP contribution in [0, 0.1) is 6.92 Å². The zero-order valence-corrected chi connectivity index (χ0v) is 9.52. The molecule has 4 heteroatoms. The van der Waals surface area contributed by atoms with Gasteiger partial charge in [0, 0.05) is 5.57 Å². The second-order valence-electron chi connectivity index (χ2n) is 3.28. The lowest BCUT2D eigenvalue weighted by atomic mass is 10.2. The molecule has 1 aromatic rings. The lowest BCUT2D eigenvalue weighted by Gasteiger charge is -2.06. The standard InChI is InChI=1S/C11H11F3Si/c1-8-5-3-4-6-10(8)15-7-9(2)11(12,13)14/h3-7H,1-2H3. The molecule has 80 valence electrons. The van der Waals surface area contributed by atoms with Crippen LogP contribution < -0.4 is 5.19 Å². The highest BCUT2D eigenvalue weighted by molar-refractivity contribution is 6.59. The van der Waals surface area contributed by atoms with Crippen LogP contribution in [0.2, 0.25) is 0 Å². The number of rotatable bonds is 2. The van der Waals surface area contributed by atoms with Gasteiger partial charge in [-0.3, -0.25) is 0 Å². The van der Waals surface area contributed by atoms with E-state index in [4.69, 9.17) is 0 Å². The molecule has 0 N–H and O–H groups in total. The van der Waals surface area contributed by atoms with Crippen LogP contribution in [-0.2, 0) is 0 Å². The molecule has 0 atom stereocenters. The highest BCUT2D eigenvalue weighted by atomic mass is 28.2. The lowest BCUT2D eigenvalue weighted by Crippen LogP contribution is -2.18. The van der Waals surface area contributed by atoms with E-state index >= 15 is 0 Å². The number of hydrogen-bond donors (Lipinski definition) is 0. The SMILES string of the molecule is CC(=C[Si]c1ccccc1C)C(F)(F)F. The van der Waals surface area contributed by atoms with Gasteiger partial charge in [0.1, 0.15) is 9.52 Å². The summed E-state index contributed by atoms with van der Waals surface area (Å²) in [7, 11) is 0.0752. The summed E-state index contributed by atoms with van der Waals surface area (Å²) >= 11 is 0. The number of allylic oxidation sites excluding steroid dienone is 1. The molecule has 0 saturated carbocycles. The van der Waals surface area contributed by atoms with Gasteiger partial charge in [0.25, 0.3) is 0 Å². The van der Waals surface area contributed by atoms with Crippen molar-refractivity contribution in [2.75, 3.05) is 0 Å². The molecule has 0 unspecified atom stereocenters. The number of benzene rings is 1. The molecule has 1 rings (SSSR count). The topological polar surface area (TPSA) is 0 Å². The maximum absolute atomic E-state index is 12.2. The molecule has 15 heavy (non-hydrogen) atoms. The Kier molecular flexibility index (Phi) is 3.74. The van der Waals surface area contributed by atoms with Gasteiger partial charge in [-0.25, -0.2) is 0 Å². The first-order valence-electron chi connectivity index (χ1n) is 4.47. The Morgan fingerprint density at radius 2 is 1.87 bits per heavy atom. The van der Waals surface area contributed by atoms with Crippen molar-refractivity contribution in [2.24, 2.45) is 0 Å². The lowest BCUT2D eigenvalue weighted by molar-refractivity contribution is -0.0911. The van der Waals surface area contributed by atoms with Gasteiger partial charge in [0.15, 0.2) is 0 Å². The summed E-state index contributed by atoms with van der Waals surface area (Å²) in [6, 6.07) is 7.47. The fourth-order valence-electron chi connectivity index (χ4n) is 1.00. The summed E-state index contributed by atoms with van der Waals surface area (Å²) in [4.78, 5) is 0. The molecule has 0 aliphatic heterocycles. The van der Waals surface area contributed by atoms with Crippen molar-refractivity contribution in [3.05, 3.63) is 41.1 Å². The van der Waals surface area contributed by atoms with E-state index in [-0.39, 0.29) is 9.52 Å². The van der Waals surface area contributed by atoms with Crippen molar-refractivity contribution in [2.45, 2.75) is 20.0 Å². The number of alkyl halides is 3. The Morgan fingerprint density at radius 3 is 2.40 bits per heavy atom. The van der Waals surface area contributed by atoms with E-state index in [2.05, 4.69) is 0 Å². The van der Waals surface area contributed by atoms with E-state index in [0.29, 0.717) is 0 Å². The molecule has 0 fully saturated rings. The minimum atomic E-state index is -4.20. The van der Waals surface area contributed by atoms with Crippen LogP contribution in [0.3, 0.4) is 0 Å². The second kappa shape index (κ2) is 4.66. The monoisotopic (exact) mass is 228 g/mol. The maximum Gasteiger partial charge on any atom is 0.411 e. The quantitative estimate of drug-likeness (QED) is 0.683. The second-order valence-corrected chi connectivity index (χ2v) is 4.40. The fourth-order valence-corrected chi connectivity index (χ4v) is 2.04. The minimum absolute atomic E-state index is 0.0752. The van der Waals surface area contributed by atoms with Gasteiger partial charge in [-0.2, -0.15) is 13.2 Å². The molecule has 0 aromatic heterocycles. The molecule has 0 amide bonds. The molecule has 0 spiro atoms. The predicted molar refractivity (Wildman–Crippen MR) is 56.4 cm³/mol. The molecule has 0 nitrogen and oxygen atoms in total. The zero-order valence-electron chi connectivity index (χ0n) is 8.52. The molecule has 0 heterocycles. The fraction of sp³-hybridized carbons (Fsp3) is 0.273. The van der Waals surface area contributed by atoms with E-state index in [9.17, 15) is 13.2 Å². The van der Waals surface area contributed by atoms with Crippen LogP contribution in [0.5, 0.6) is 0 Å². The predicted octanol–water partition coefficient (Wildman–Crippen LogP) is 2.79. The van der Waals surface area contributed by atoms with E-state index in [1.165, 1.54) is 5.70 Å². The van der Waals surface area contributed by atoms with Gasteiger partial charge in [-0.05, 0) is 13.8 Å². The molecule has 0 aliphatic rings. The smallest absolute Gasteiger partial charge is 0.167 e. The van der Waals surface area contributed by atoms with Crippen LogP contribution >= 0.6 is 0 Å². The summed E-state index contributed by atoms with van der Waals surface area (Å²) in [6.45, 7) is 3.00. The Bertz CT molecular complexity index is 366. The Morgan fingerprint density at radius 1 is 1.27 bits per heavy atom. The molecule has 1 aromatic carbocycles. The van der Waals surface area contributed by atoms with Crippen LogP contribution in [0.4, 0.5) is 13.2 Å². The van der Waals surface area contributed by atoms with Crippen LogP contribution in [0.1, 0.15) is 12.5 Å². The van der Waals surface area contributed by atoms with Crippen molar-refractivity contribution in [3.8, 4) is 0 Å². The van der Waals surface area contributed by atoms with Gasteiger partial charge in [-0.15, -0.1) is 0 Å². The molecule has 0 bridgehead atoms. The highest BCUT2D eigenvalue weighted by Gasteiger charge is 2.29. The van der Waals surface area contributed by atoms with Gasteiger partial charge >= 0.3 is 6.18 Å². The summed E-state index contributed by atoms with van der Waals surface area (Å²) in [5.41, 5.74) is 1.76. The maximum atomic E-state index is 12.2. The molecular formula is C11H11F3Si. The van der Waals surface area contributed by atoms with E-state index < -0.39 is 11.7 Å². The number of aryl methyl sites for hydroxylation is 1. The molecular weight excluding hydrogens is 217 g/mol. The van der Waals surface area contributed by atoms with Crippen LogP contribution in [0.25, 0.3) is 0 Å². The highest BCUT2D eigenvalue weighted by Crippen LogP contribution is 2.24. The van der Waals surface area contributed by atoms with Crippen molar-refractivity contribution < 1.29 is 13.2 Å². The van der Waals surface area contributed by atoms with Crippen molar-refractivity contribution >= 4 is 14.7 Å². The average molecular weight is 228 g/mol. The minimum Gasteiger partial charge on any atom is -0.167 e. The number of halogens is 3. The summed E-state index contributed by atoms with van der Waals surface area (Å²) in [6.07, 6.45) is -4.20. The van der Waals surface area contributed by atoms with E-state index in [0.717, 1.165) is 17.7 Å². The normalized spacial score (nSPS) is 13.0. The van der Waals surface area contributed by atoms with E-state index in [1.807, 2.05) is 31.2 Å². The molecule has 0 aliphatic carbocycles. The van der Waals surface area contributed by atoms with Crippen molar-refractivity contribution in [3.63, 3.8) is 0 Å². The van der Waals surface area contributed by atoms with Crippen molar-refractivity contribution in [1.82, 2.24) is 0 Å². The van der Waals surface area contributed by atoms with Gasteiger partial charge in [0.05, 0.1) is 0 Å². The van der Waals surface area contributed by atoms with E-state index in [1.54, 1.807) is 0 Å². The Labute approximate surface area is 89.6 Å². The average Bonchev–Trinajstić information content (AvgIpc) is 2.14. The van der Waals surface area contributed by atoms with Gasteiger partial charge < -0.3 is 0 Å². The summed E-state index contributed by atoms with van der Waals surface area (Å²) in [5, 5.41) is 0.959. The van der Waals surface area contributed by atoms with Crippen LogP contribution in [0.15, 0.2) is 35.5 Å². The third-order valence-corrected chi connectivity index (χ3v) is 3.49. The zero-order chi connectivity index (χ0) is 11.5. The third-order valence-electron chi connectivity index (χ3n) is 2.04. The largest absolute Gasteiger partial charge is 0.411 e. The Hall–Kier alpha value is -1.03. The summed E-state index contributed by atoms with van der Waals surface area (Å²) < 4.78 is 36.6. The van der Waals surface area contributed by atoms with Gasteiger partial charge in [-0.1, -0.05) is 40.7 Å². The van der Waals surface area contributed by atoms with Gasteiger partial charge in [0.2, 0.25) is 0 Å². The molecule has 0 saturated heterocycles. The number of hydrogen-bond acceptors (Lipinski definition) is 0. The first-order chi connectivity index (χ1) is 6.91. The first kappa shape index (κ1) is 12.0. The third kappa shape index (κ3) is 3.55. The first-order valence-corrected chi connectivity index (χ1v) is 5.55. The Balaban J connectivity index is 2.77.